The number of hydrogen-bond donors (Lipinski definition) is 1. The molecular formula is C4H10OV. The molecule has 0 aromatic rings. The molecule has 0 aliphatic carbocycles. The van der Waals surface area contributed by atoms with Gasteiger partial charge in [0.1, 0.15) is 0 Å². The van der Waals surface area contributed by atoms with Gasteiger partial charge >= 0.3 is 0 Å². The van der Waals surface area contributed by atoms with Crippen LogP contribution in [0.3, 0.4) is 0 Å². The Balaban J connectivity index is 0. The topological polar surface area (TPSA) is 20.2 Å². The van der Waals surface area contributed by atoms with Crippen LogP contribution in [0.25, 0.3) is 0 Å². The summed E-state index contributed by atoms with van der Waals surface area (Å²) < 4.78 is 0. The van der Waals surface area contributed by atoms with Crippen molar-refractivity contribution >= 4 is 0 Å². The first-order valence-electron chi connectivity index (χ1n) is 1.95. The molecule has 1 atom stereocenters. The van der Waals surface area contributed by atoms with Crippen LogP contribution in [-0.4, -0.2) is 11.2 Å². The molecule has 1 N–H and O–H groups in total. The molecule has 0 saturated heterocycles. The summed E-state index contributed by atoms with van der Waals surface area (Å²) in [6.07, 6.45) is 0.745. The smallest absolute Gasteiger partial charge is 0.0509 e. The van der Waals surface area contributed by atoms with Crippen LogP contribution < -0.4 is 0 Å². The van der Waals surface area contributed by atoms with Gasteiger partial charge in [0.15, 0.2) is 0 Å². The summed E-state index contributed by atoms with van der Waals surface area (Å²) in [4.78, 5) is 0. The molecule has 0 aromatic carbocycles. The molecule has 0 fully saturated rings. The average Bonchev–Trinajstić information content (AvgIpc) is 1.38. The molecule has 0 aliphatic heterocycles. The van der Waals surface area contributed by atoms with Crippen LogP contribution in [0.15, 0.2) is 0 Å². The van der Waals surface area contributed by atoms with Gasteiger partial charge in [-0.25, -0.2) is 0 Å². The fraction of sp³-hybridized carbons (Fsp3) is 1.00. The molecule has 0 spiro atoms. The van der Waals surface area contributed by atoms with Crippen molar-refractivity contribution in [2.24, 2.45) is 0 Å². The van der Waals surface area contributed by atoms with Crippen LogP contribution in [0.1, 0.15) is 20.3 Å². The molecule has 0 amide bonds. The second-order valence-electron chi connectivity index (χ2n) is 1.26. The van der Waals surface area contributed by atoms with Crippen molar-refractivity contribution in [3.63, 3.8) is 0 Å². The summed E-state index contributed by atoms with van der Waals surface area (Å²) in [5.41, 5.74) is 0. The maximum atomic E-state index is 8.36. The Hall–Kier alpha value is 0.544. The molecule has 0 saturated carbocycles. The zero-order valence-electron chi connectivity index (χ0n) is 4.18. The van der Waals surface area contributed by atoms with Gasteiger partial charge in [-0.2, -0.15) is 0 Å². The maximum Gasteiger partial charge on any atom is 0.0509 e. The van der Waals surface area contributed by atoms with E-state index in [1.165, 1.54) is 0 Å². The van der Waals surface area contributed by atoms with Crippen LogP contribution in [0, 0.1) is 0 Å². The summed E-state index contributed by atoms with van der Waals surface area (Å²) in [6.45, 7) is 3.73. The molecule has 0 aromatic heterocycles. The van der Waals surface area contributed by atoms with Crippen molar-refractivity contribution in [3.05, 3.63) is 0 Å². The maximum absolute atomic E-state index is 8.36. The van der Waals surface area contributed by atoms with Crippen molar-refractivity contribution in [1.29, 1.82) is 0 Å². The van der Waals surface area contributed by atoms with E-state index in [4.69, 9.17) is 5.11 Å². The van der Waals surface area contributed by atoms with E-state index in [2.05, 4.69) is 0 Å². The van der Waals surface area contributed by atoms with E-state index in [0.29, 0.717) is 0 Å². The predicted molar refractivity (Wildman–Crippen MR) is 22.0 cm³/mol. The molecule has 0 aliphatic rings. The summed E-state index contributed by atoms with van der Waals surface area (Å²) >= 11 is 0. The largest absolute Gasteiger partial charge is 0.393 e. The van der Waals surface area contributed by atoms with Crippen molar-refractivity contribution in [3.8, 4) is 0 Å². The molecule has 0 rings (SSSR count). The second-order valence-corrected chi connectivity index (χ2v) is 1.26. The first-order chi connectivity index (χ1) is 2.27. The summed E-state index contributed by atoms with van der Waals surface area (Å²) in [7, 11) is 0. The Kier molecular flexibility index (Phi) is 9.00. The molecule has 2 heteroatoms. The fourth-order valence-corrected chi connectivity index (χ4v) is 0. The van der Waals surface area contributed by atoms with E-state index in [1.807, 2.05) is 6.92 Å². The van der Waals surface area contributed by atoms with Crippen molar-refractivity contribution < 1.29 is 23.7 Å². The van der Waals surface area contributed by atoms with Gasteiger partial charge in [0.25, 0.3) is 0 Å². The Labute approximate surface area is 50.6 Å². The monoisotopic (exact) mass is 125 g/mol. The van der Waals surface area contributed by atoms with E-state index in [0.717, 1.165) is 6.42 Å². The molecule has 1 nitrogen and oxygen atoms in total. The molecule has 6 heavy (non-hydrogen) atoms. The first kappa shape index (κ1) is 9.74. The van der Waals surface area contributed by atoms with Crippen molar-refractivity contribution in [2.75, 3.05) is 0 Å². The molecule has 1 radical (unpaired) electrons. The van der Waals surface area contributed by atoms with Crippen LogP contribution >= 0.6 is 0 Å². The van der Waals surface area contributed by atoms with E-state index >= 15 is 0 Å². The molecule has 0 bridgehead atoms. The standard InChI is InChI=1S/C4H10O.V/c1-3-4(2)5;/h4-5H,3H2,1-2H3;. The zero-order chi connectivity index (χ0) is 4.28. The number of rotatable bonds is 1. The van der Waals surface area contributed by atoms with Gasteiger partial charge in [-0.3, -0.25) is 0 Å². The summed E-state index contributed by atoms with van der Waals surface area (Å²) in [5, 5.41) is 8.36. The van der Waals surface area contributed by atoms with Gasteiger partial charge in [-0.15, -0.1) is 0 Å². The van der Waals surface area contributed by atoms with Gasteiger partial charge in [-0.1, -0.05) is 6.92 Å². The van der Waals surface area contributed by atoms with Crippen LogP contribution in [0.5, 0.6) is 0 Å². The Morgan fingerprint density at radius 2 is 1.83 bits per heavy atom. The fourth-order valence-electron chi connectivity index (χ4n) is 0. The molecular weight excluding hydrogens is 115 g/mol. The Morgan fingerprint density at radius 3 is 1.83 bits per heavy atom. The average molecular weight is 125 g/mol. The van der Waals surface area contributed by atoms with Gasteiger partial charge in [-0.05, 0) is 13.3 Å². The van der Waals surface area contributed by atoms with E-state index in [1.54, 1.807) is 6.92 Å². The first-order valence-corrected chi connectivity index (χ1v) is 1.95. The quantitative estimate of drug-likeness (QED) is 0.548. The van der Waals surface area contributed by atoms with Crippen LogP contribution in [0.2, 0.25) is 0 Å². The minimum atomic E-state index is -0.116. The van der Waals surface area contributed by atoms with E-state index < -0.39 is 0 Å². The molecule has 37 valence electrons. The Morgan fingerprint density at radius 1 is 1.67 bits per heavy atom. The van der Waals surface area contributed by atoms with Gasteiger partial charge in [0.2, 0.25) is 0 Å². The normalized spacial score (nSPS) is 12.5. The van der Waals surface area contributed by atoms with Gasteiger partial charge < -0.3 is 5.11 Å². The number of hydrogen-bond acceptors (Lipinski definition) is 1. The summed E-state index contributed by atoms with van der Waals surface area (Å²) in [5.74, 6) is 0. The third-order valence-corrected chi connectivity index (χ3v) is 0.591. The van der Waals surface area contributed by atoms with Gasteiger partial charge in [0, 0.05) is 18.6 Å². The summed E-state index contributed by atoms with van der Waals surface area (Å²) in [6, 6.07) is 0. The second kappa shape index (κ2) is 5.54. The van der Waals surface area contributed by atoms with Crippen molar-refractivity contribution in [1.82, 2.24) is 0 Å². The predicted octanol–water partition coefficient (Wildman–Crippen LogP) is 0.775. The third-order valence-electron chi connectivity index (χ3n) is 0.591. The Bertz CT molecular complexity index is 21.5. The zero-order valence-corrected chi connectivity index (χ0v) is 5.58. The van der Waals surface area contributed by atoms with Gasteiger partial charge in [0.05, 0.1) is 6.10 Å². The van der Waals surface area contributed by atoms with Crippen LogP contribution in [-0.2, 0) is 18.6 Å². The molecule has 0 heterocycles. The molecule has 1 unspecified atom stereocenters. The van der Waals surface area contributed by atoms with Crippen molar-refractivity contribution in [2.45, 2.75) is 26.4 Å². The number of aliphatic hydroxyl groups is 1. The number of aliphatic hydroxyl groups excluding tert-OH is 1. The SMILES string of the molecule is CCC(C)O.[V]. The minimum Gasteiger partial charge on any atom is -0.393 e. The van der Waals surface area contributed by atoms with E-state index in [-0.39, 0.29) is 24.7 Å². The van der Waals surface area contributed by atoms with Crippen LogP contribution in [0.4, 0.5) is 0 Å². The van der Waals surface area contributed by atoms with E-state index in [9.17, 15) is 0 Å². The third kappa shape index (κ3) is 8.82. The minimum absolute atomic E-state index is 0.